The Morgan fingerprint density at radius 1 is 0.947 bits per heavy atom. The highest BCUT2D eigenvalue weighted by atomic mass is 32.1. The fourth-order valence-electron chi connectivity index (χ4n) is 2.29. The van der Waals surface area contributed by atoms with Crippen molar-refractivity contribution < 1.29 is 0 Å². The molecular formula is C16H17NS2. The van der Waals surface area contributed by atoms with Gasteiger partial charge in [0.1, 0.15) is 0 Å². The molecule has 98 valence electrons. The van der Waals surface area contributed by atoms with Gasteiger partial charge in [-0.3, -0.25) is 0 Å². The molecule has 2 unspecified atom stereocenters. The van der Waals surface area contributed by atoms with Gasteiger partial charge in [0.15, 0.2) is 0 Å². The monoisotopic (exact) mass is 287 g/mol. The molecule has 19 heavy (non-hydrogen) atoms. The Labute approximate surface area is 121 Å². The molecule has 3 rings (SSSR count). The van der Waals surface area contributed by atoms with Crippen LogP contribution in [0.1, 0.15) is 35.7 Å². The number of thiophene rings is 2. The largest absolute Gasteiger partial charge is 0.302 e. The van der Waals surface area contributed by atoms with E-state index >= 15 is 0 Å². The van der Waals surface area contributed by atoms with Crippen LogP contribution in [0, 0.1) is 0 Å². The molecule has 1 N–H and O–H groups in total. The molecule has 0 aliphatic carbocycles. The van der Waals surface area contributed by atoms with E-state index in [1.165, 1.54) is 19.8 Å². The summed E-state index contributed by atoms with van der Waals surface area (Å²) in [5.74, 6) is 0. The van der Waals surface area contributed by atoms with Gasteiger partial charge in [0.2, 0.25) is 0 Å². The van der Waals surface area contributed by atoms with Gasteiger partial charge in [-0.05, 0) is 42.8 Å². The molecule has 1 nitrogen and oxygen atoms in total. The van der Waals surface area contributed by atoms with E-state index < -0.39 is 0 Å². The molecule has 1 aromatic carbocycles. The Bertz CT molecular complexity index is 621. The summed E-state index contributed by atoms with van der Waals surface area (Å²) in [4.78, 5) is 2.80. The lowest BCUT2D eigenvalue weighted by atomic mass is 10.2. The van der Waals surface area contributed by atoms with Crippen molar-refractivity contribution in [3.8, 4) is 0 Å². The highest BCUT2D eigenvalue weighted by molar-refractivity contribution is 7.19. The summed E-state index contributed by atoms with van der Waals surface area (Å²) in [6, 6.07) is 16.0. The molecule has 0 aliphatic heterocycles. The zero-order valence-electron chi connectivity index (χ0n) is 11.1. The van der Waals surface area contributed by atoms with Crippen molar-refractivity contribution in [3.05, 3.63) is 57.6 Å². The summed E-state index contributed by atoms with van der Waals surface area (Å²) in [7, 11) is 0. The summed E-state index contributed by atoms with van der Waals surface area (Å²) in [6.07, 6.45) is 0. The fraction of sp³-hybridized carbons (Fsp3) is 0.250. The Morgan fingerprint density at radius 3 is 2.47 bits per heavy atom. The minimum atomic E-state index is 0.384. The van der Waals surface area contributed by atoms with Crippen LogP contribution >= 0.6 is 22.7 Å². The van der Waals surface area contributed by atoms with Crippen molar-refractivity contribution in [2.24, 2.45) is 0 Å². The summed E-state index contributed by atoms with van der Waals surface area (Å²) < 4.78 is 1.37. The van der Waals surface area contributed by atoms with Gasteiger partial charge in [-0.1, -0.05) is 24.3 Å². The lowest BCUT2D eigenvalue weighted by Crippen LogP contribution is -2.20. The average Bonchev–Trinajstić information content (AvgIpc) is 3.07. The van der Waals surface area contributed by atoms with Crippen molar-refractivity contribution in [1.29, 1.82) is 0 Å². The highest BCUT2D eigenvalue weighted by Gasteiger charge is 2.13. The molecule has 0 radical (unpaired) electrons. The second-order valence-electron chi connectivity index (χ2n) is 4.81. The number of nitrogens with one attached hydrogen (secondary N) is 1. The average molecular weight is 287 g/mol. The molecule has 3 heteroatoms. The van der Waals surface area contributed by atoms with E-state index in [0.29, 0.717) is 12.1 Å². The third-order valence-corrected chi connectivity index (χ3v) is 5.70. The van der Waals surface area contributed by atoms with E-state index in [-0.39, 0.29) is 0 Å². The van der Waals surface area contributed by atoms with Gasteiger partial charge in [0.05, 0.1) is 0 Å². The summed E-state index contributed by atoms with van der Waals surface area (Å²) in [6.45, 7) is 4.48. The van der Waals surface area contributed by atoms with E-state index in [2.05, 4.69) is 67.0 Å². The first-order chi connectivity index (χ1) is 9.24. The number of fused-ring (bicyclic) bond motifs is 1. The summed E-state index contributed by atoms with van der Waals surface area (Å²) >= 11 is 3.70. The molecule has 0 bridgehead atoms. The second kappa shape index (κ2) is 5.45. The zero-order chi connectivity index (χ0) is 13.2. The van der Waals surface area contributed by atoms with Crippen molar-refractivity contribution in [2.45, 2.75) is 25.9 Å². The number of hydrogen-bond donors (Lipinski definition) is 1. The Kier molecular flexibility index (Phi) is 3.69. The number of hydrogen-bond acceptors (Lipinski definition) is 3. The van der Waals surface area contributed by atoms with Crippen LogP contribution in [0.4, 0.5) is 0 Å². The number of rotatable bonds is 4. The lowest BCUT2D eigenvalue weighted by Gasteiger charge is -2.17. The van der Waals surface area contributed by atoms with Crippen LogP contribution in [0.25, 0.3) is 10.1 Å². The third kappa shape index (κ3) is 2.73. The van der Waals surface area contributed by atoms with Gasteiger partial charge in [-0.25, -0.2) is 0 Å². The van der Waals surface area contributed by atoms with Crippen molar-refractivity contribution in [1.82, 2.24) is 5.32 Å². The predicted molar refractivity (Wildman–Crippen MR) is 86.1 cm³/mol. The predicted octanol–water partition coefficient (Wildman–Crippen LogP) is 5.37. The van der Waals surface area contributed by atoms with Crippen LogP contribution in [0.15, 0.2) is 47.8 Å². The first kappa shape index (κ1) is 12.9. The molecule has 0 saturated carbocycles. The molecule has 0 fully saturated rings. The normalized spacial score (nSPS) is 14.6. The smallest absolute Gasteiger partial charge is 0.0391 e. The maximum absolute atomic E-state index is 3.68. The van der Waals surface area contributed by atoms with Crippen LogP contribution in [0.5, 0.6) is 0 Å². The Morgan fingerprint density at radius 2 is 1.74 bits per heavy atom. The van der Waals surface area contributed by atoms with Crippen molar-refractivity contribution in [3.63, 3.8) is 0 Å². The third-order valence-electron chi connectivity index (χ3n) is 3.34. The van der Waals surface area contributed by atoms with Gasteiger partial charge < -0.3 is 5.32 Å². The van der Waals surface area contributed by atoms with Gasteiger partial charge in [-0.2, -0.15) is 0 Å². The summed E-state index contributed by atoms with van der Waals surface area (Å²) in [5.41, 5.74) is 0. The van der Waals surface area contributed by atoms with E-state index in [0.717, 1.165) is 0 Å². The van der Waals surface area contributed by atoms with Crippen LogP contribution in [-0.4, -0.2) is 0 Å². The minimum absolute atomic E-state index is 0.384. The van der Waals surface area contributed by atoms with Gasteiger partial charge in [-0.15, -0.1) is 22.7 Å². The maximum atomic E-state index is 3.68. The SMILES string of the molecule is CC(NC(C)c1cc2ccccc2s1)c1cccs1. The lowest BCUT2D eigenvalue weighted by molar-refractivity contribution is 0.506. The molecule has 2 atom stereocenters. The number of benzene rings is 1. The maximum Gasteiger partial charge on any atom is 0.0391 e. The first-order valence-corrected chi connectivity index (χ1v) is 8.21. The Hall–Kier alpha value is -1.16. The molecule has 3 aromatic rings. The molecule has 0 saturated heterocycles. The Balaban J connectivity index is 1.78. The quantitative estimate of drug-likeness (QED) is 0.680. The topological polar surface area (TPSA) is 12.0 Å². The molecule has 0 spiro atoms. The first-order valence-electron chi connectivity index (χ1n) is 6.52. The van der Waals surface area contributed by atoms with Crippen molar-refractivity contribution >= 4 is 32.8 Å². The van der Waals surface area contributed by atoms with Crippen LogP contribution in [0.2, 0.25) is 0 Å². The fourth-order valence-corrected chi connectivity index (χ4v) is 4.11. The van der Waals surface area contributed by atoms with Gasteiger partial charge >= 0.3 is 0 Å². The van der Waals surface area contributed by atoms with Gasteiger partial charge in [0.25, 0.3) is 0 Å². The van der Waals surface area contributed by atoms with E-state index in [9.17, 15) is 0 Å². The van der Waals surface area contributed by atoms with Gasteiger partial charge in [0, 0.05) is 26.5 Å². The van der Waals surface area contributed by atoms with E-state index in [4.69, 9.17) is 0 Å². The molecule has 2 heterocycles. The minimum Gasteiger partial charge on any atom is -0.302 e. The van der Waals surface area contributed by atoms with Crippen LogP contribution in [0.3, 0.4) is 0 Å². The summed E-state index contributed by atoms with van der Waals surface area (Å²) in [5, 5.41) is 7.16. The van der Waals surface area contributed by atoms with Crippen molar-refractivity contribution in [2.75, 3.05) is 0 Å². The van der Waals surface area contributed by atoms with Crippen LogP contribution < -0.4 is 5.32 Å². The zero-order valence-corrected chi connectivity index (χ0v) is 12.7. The van der Waals surface area contributed by atoms with Crippen LogP contribution in [-0.2, 0) is 0 Å². The molecule has 2 aromatic heterocycles. The van der Waals surface area contributed by atoms with E-state index in [1.807, 2.05) is 22.7 Å². The highest BCUT2D eigenvalue weighted by Crippen LogP contribution is 2.31. The molecular weight excluding hydrogens is 270 g/mol. The molecule has 0 amide bonds. The second-order valence-corrected chi connectivity index (χ2v) is 6.91. The standard InChI is InChI=1S/C16H17NS2/c1-11(14-8-5-9-18-14)17-12(2)16-10-13-6-3-4-7-15(13)19-16/h3-12,17H,1-2H3. The van der Waals surface area contributed by atoms with E-state index in [1.54, 1.807) is 0 Å². The molecule has 0 aliphatic rings.